The number of pyridine rings is 1. The van der Waals surface area contributed by atoms with Gasteiger partial charge in [-0.25, -0.2) is 9.78 Å². The molecule has 21 heavy (non-hydrogen) atoms. The van der Waals surface area contributed by atoms with Gasteiger partial charge in [-0.15, -0.1) is 4.68 Å². The van der Waals surface area contributed by atoms with Crippen LogP contribution in [-0.2, 0) is 0 Å². The van der Waals surface area contributed by atoms with E-state index in [4.69, 9.17) is 5.11 Å². The molecule has 9 nitrogen and oxygen atoms in total. The number of rotatable bonds is 3. The third-order valence-corrected chi connectivity index (χ3v) is 2.80. The SMILES string of the molecule is O=C(O)c1cc2ccccc2c(-n2cnc([N+](=O)[O-])n2)n1. The highest BCUT2D eigenvalue weighted by atomic mass is 16.6. The van der Waals surface area contributed by atoms with Crippen molar-refractivity contribution in [2.45, 2.75) is 0 Å². The molecule has 0 bridgehead atoms. The Bertz CT molecular complexity index is 873. The van der Waals surface area contributed by atoms with E-state index in [1.807, 2.05) is 0 Å². The third kappa shape index (κ3) is 2.16. The fraction of sp³-hybridized carbons (Fsp3) is 0. The van der Waals surface area contributed by atoms with Gasteiger partial charge in [-0.3, -0.25) is 0 Å². The molecule has 2 aromatic heterocycles. The second kappa shape index (κ2) is 4.63. The van der Waals surface area contributed by atoms with Crippen LogP contribution >= 0.6 is 0 Å². The van der Waals surface area contributed by atoms with Crippen molar-refractivity contribution >= 4 is 22.7 Å². The molecule has 0 unspecified atom stereocenters. The molecule has 0 saturated heterocycles. The number of benzene rings is 1. The fourth-order valence-corrected chi connectivity index (χ4v) is 1.90. The zero-order valence-electron chi connectivity index (χ0n) is 10.4. The van der Waals surface area contributed by atoms with E-state index in [9.17, 15) is 14.9 Å². The van der Waals surface area contributed by atoms with Crippen LogP contribution in [0, 0.1) is 10.1 Å². The van der Waals surface area contributed by atoms with Crippen molar-refractivity contribution in [1.29, 1.82) is 0 Å². The summed E-state index contributed by atoms with van der Waals surface area (Å²) >= 11 is 0. The molecule has 0 spiro atoms. The van der Waals surface area contributed by atoms with Crippen LogP contribution in [0.3, 0.4) is 0 Å². The first-order valence-electron chi connectivity index (χ1n) is 5.76. The molecule has 2 heterocycles. The molecular formula is C12H7N5O4. The molecule has 0 aliphatic heterocycles. The van der Waals surface area contributed by atoms with Crippen molar-refractivity contribution in [3.8, 4) is 5.82 Å². The average Bonchev–Trinajstić information content (AvgIpc) is 2.96. The molecule has 0 amide bonds. The van der Waals surface area contributed by atoms with Crippen LogP contribution in [-0.4, -0.2) is 35.7 Å². The Hall–Kier alpha value is -3.36. The zero-order chi connectivity index (χ0) is 15.0. The van der Waals surface area contributed by atoms with Crippen LogP contribution in [0.5, 0.6) is 0 Å². The van der Waals surface area contributed by atoms with Crippen molar-refractivity contribution in [3.05, 3.63) is 52.5 Å². The molecule has 0 atom stereocenters. The maximum atomic E-state index is 11.1. The number of aromatic carboxylic acids is 1. The number of carboxylic acids is 1. The maximum absolute atomic E-state index is 11.1. The lowest BCUT2D eigenvalue weighted by Gasteiger charge is -2.04. The van der Waals surface area contributed by atoms with E-state index in [1.165, 1.54) is 6.07 Å². The minimum atomic E-state index is -1.20. The molecule has 1 aromatic carbocycles. The Balaban J connectivity index is 2.28. The minimum Gasteiger partial charge on any atom is -0.477 e. The van der Waals surface area contributed by atoms with Gasteiger partial charge < -0.3 is 15.2 Å². The van der Waals surface area contributed by atoms with E-state index < -0.39 is 16.8 Å². The second-order valence-electron chi connectivity index (χ2n) is 4.10. The number of nitrogens with zero attached hydrogens (tertiary/aromatic N) is 5. The van der Waals surface area contributed by atoms with Crippen LogP contribution in [0.15, 0.2) is 36.7 Å². The molecular weight excluding hydrogens is 278 g/mol. The Labute approximate surface area is 116 Å². The topological polar surface area (TPSA) is 124 Å². The summed E-state index contributed by atoms with van der Waals surface area (Å²) in [5.74, 6) is -1.61. The normalized spacial score (nSPS) is 10.7. The fourth-order valence-electron chi connectivity index (χ4n) is 1.90. The van der Waals surface area contributed by atoms with Gasteiger partial charge in [0.25, 0.3) is 0 Å². The summed E-state index contributed by atoms with van der Waals surface area (Å²) in [6.07, 6.45) is 1.12. The first kappa shape index (κ1) is 12.7. The number of fused-ring (bicyclic) bond motifs is 1. The van der Waals surface area contributed by atoms with Crippen LogP contribution < -0.4 is 0 Å². The quantitative estimate of drug-likeness (QED) is 0.570. The molecule has 0 saturated carbocycles. The number of carboxylic acid groups (broad SMARTS) is 1. The summed E-state index contributed by atoms with van der Waals surface area (Å²) in [7, 11) is 0. The minimum absolute atomic E-state index is 0.172. The summed E-state index contributed by atoms with van der Waals surface area (Å²) in [6.45, 7) is 0. The van der Waals surface area contributed by atoms with Crippen molar-refractivity contribution in [3.63, 3.8) is 0 Å². The summed E-state index contributed by atoms with van der Waals surface area (Å²) in [4.78, 5) is 28.5. The predicted octanol–water partition coefficient (Wildman–Crippen LogP) is 1.42. The molecule has 3 rings (SSSR count). The van der Waals surface area contributed by atoms with Gasteiger partial charge in [0.2, 0.25) is 6.33 Å². The number of carbonyl (C=O) groups is 1. The summed E-state index contributed by atoms with van der Waals surface area (Å²) < 4.78 is 1.09. The standard InChI is InChI=1S/C12H7N5O4/c18-11(19)9-5-7-3-1-2-4-8(7)10(14-9)16-6-13-12(15-16)17(20)21/h1-6H,(H,18,19). The Kier molecular flexibility index (Phi) is 2.79. The summed E-state index contributed by atoms with van der Waals surface area (Å²) in [5.41, 5.74) is -0.179. The predicted molar refractivity (Wildman–Crippen MR) is 70.3 cm³/mol. The average molecular weight is 285 g/mol. The number of hydrogen-bond donors (Lipinski definition) is 1. The summed E-state index contributed by atoms with van der Waals surface area (Å²) in [5, 5.41) is 24.7. The Morgan fingerprint density at radius 3 is 2.76 bits per heavy atom. The maximum Gasteiger partial charge on any atom is 0.491 e. The van der Waals surface area contributed by atoms with Gasteiger partial charge >= 0.3 is 11.9 Å². The molecule has 9 heteroatoms. The van der Waals surface area contributed by atoms with Gasteiger partial charge in [-0.1, -0.05) is 29.2 Å². The molecule has 0 radical (unpaired) electrons. The first-order chi connectivity index (χ1) is 10.1. The van der Waals surface area contributed by atoms with Gasteiger partial charge in [-0.05, 0) is 16.4 Å². The van der Waals surface area contributed by atoms with Gasteiger partial charge in [0.15, 0.2) is 11.5 Å². The van der Waals surface area contributed by atoms with Crippen molar-refractivity contribution in [2.75, 3.05) is 0 Å². The molecule has 104 valence electrons. The van der Waals surface area contributed by atoms with Crippen LogP contribution in [0.25, 0.3) is 16.6 Å². The van der Waals surface area contributed by atoms with Crippen molar-refractivity contribution in [2.24, 2.45) is 0 Å². The number of aromatic nitrogens is 4. The number of hydrogen-bond acceptors (Lipinski definition) is 6. The smallest absolute Gasteiger partial charge is 0.477 e. The van der Waals surface area contributed by atoms with E-state index in [2.05, 4.69) is 15.1 Å². The van der Waals surface area contributed by atoms with Gasteiger partial charge in [0, 0.05) is 10.5 Å². The highest BCUT2D eigenvalue weighted by Crippen LogP contribution is 2.21. The zero-order valence-corrected chi connectivity index (χ0v) is 10.4. The van der Waals surface area contributed by atoms with E-state index in [0.29, 0.717) is 10.8 Å². The number of nitro groups is 1. The van der Waals surface area contributed by atoms with Gasteiger partial charge in [0.05, 0.1) is 0 Å². The molecule has 0 aliphatic rings. The largest absolute Gasteiger partial charge is 0.491 e. The van der Waals surface area contributed by atoms with Crippen LogP contribution in [0.2, 0.25) is 0 Å². The molecule has 1 N–H and O–H groups in total. The Morgan fingerprint density at radius 1 is 1.33 bits per heavy atom. The monoisotopic (exact) mass is 285 g/mol. The molecule has 0 fully saturated rings. The van der Waals surface area contributed by atoms with E-state index in [-0.39, 0.29) is 11.5 Å². The van der Waals surface area contributed by atoms with Crippen molar-refractivity contribution in [1.82, 2.24) is 19.7 Å². The van der Waals surface area contributed by atoms with Gasteiger partial charge in [-0.2, -0.15) is 0 Å². The lowest BCUT2D eigenvalue weighted by atomic mass is 10.1. The van der Waals surface area contributed by atoms with Crippen molar-refractivity contribution < 1.29 is 14.8 Å². The lowest BCUT2D eigenvalue weighted by molar-refractivity contribution is -0.394. The Morgan fingerprint density at radius 2 is 2.10 bits per heavy atom. The highest BCUT2D eigenvalue weighted by molar-refractivity contribution is 5.95. The lowest BCUT2D eigenvalue weighted by Crippen LogP contribution is -2.07. The van der Waals surface area contributed by atoms with Crippen LogP contribution in [0.1, 0.15) is 10.5 Å². The third-order valence-electron chi connectivity index (χ3n) is 2.80. The second-order valence-corrected chi connectivity index (χ2v) is 4.10. The van der Waals surface area contributed by atoms with E-state index >= 15 is 0 Å². The molecule has 3 aromatic rings. The molecule has 0 aliphatic carbocycles. The van der Waals surface area contributed by atoms with Crippen LogP contribution in [0.4, 0.5) is 5.95 Å². The summed E-state index contributed by atoms with van der Waals surface area (Å²) in [6, 6.07) is 8.36. The highest BCUT2D eigenvalue weighted by Gasteiger charge is 2.19. The van der Waals surface area contributed by atoms with E-state index in [1.54, 1.807) is 24.3 Å². The van der Waals surface area contributed by atoms with Gasteiger partial charge in [0.1, 0.15) is 0 Å². The first-order valence-corrected chi connectivity index (χ1v) is 5.76. The van der Waals surface area contributed by atoms with E-state index in [0.717, 1.165) is 11.0 Å².